The van der Waals surface area contributed by atoms with Crippen LogP contribution in [-0.2, 0) is 11.3 Å². The summed E-state index contributed by atoms with van der Waals surface area (Å²) in [7, 11) is 1.62. The van der Waals surface area contributed by atoms with Crippen molar-refractivity contribution in [2.24, 2.45) is 5.73 Å². The van der Waals surface area contributed by atoms with Crippen molar-refractivity contribution in [1.82, 2.24) is 10.2 Å². The van der Waals surface area contributed by atoms with Gasteiger partial charge in [0.25, 0.3) is 0 Å². The molecule has 0 saturated carbocycles. The van der Waals surface area contributed by atoms with Gasteiger partial charge < -0.3 is 5.73 Å². The van der Waals surface area contributed by atoms with Crippen LogP contribution in [0.2, 0.25) is 0 Å². The third kappa shape index (κ3) is 4.29. The highest BCUT2D eigenvalue weighted by atomic mass is 19.2. The van der Waals surface area contributed by atoms with Gasteiger partial charge in [0, 0.05) is 6.54 Å². The first-order valence-electron chi connectivity index (χ1n) is 5.55. The van der Waals surface area contributed by atoms with Gasteiger partial charge >= 0.3 is 6.03 Å². The van der Waals surface area contributed by atoms with Gasteiger partial charge in [-0.25, -0.2) is 13.6 Å². The van der Waals surface area contributed by atoms with Gasteiger partial charge in [0.2, 0.25) is 5.91 Å². The maximum Gasteiger partial charge on any atom is 0.318 e. The highest BCUT2D eigenvalue weighted by Gasteiger charge is 2.19. The van der Waals surface area contributed by atoms with Crippen LogP contribution in [0.5, 0.6) is 0 Å². The van der Waals surface area contributed by atoms with Crippen LogP contribution in [0, 0.1) is 11.6 Å². The van der Waals surface area contributed by atoms with Gasteiger partial charge in [0.1, 0.15) is 0 Å². The maximum absolute atomic E-state index is 13.0. The Morgan fingerprint density at radius 1 is 1.37 bits per heavy atom. The van der Waals surface area contributed by atoms with E-state index in [1.807, 2.05) is 5.32 Å². The summed E-state index contributed by atoms with van der Waals surface area (Å²) in [5.74, 6) is -2.43. The van der Waals surface area contributed by atoms with Crippen LogP contribution in [0.25, 0.3) is 0 Å². The molecule has 3 amide bonds. The molecule has 0 fully saturated rings. The van der Waals surface area contributed by atoms with E-state index in [1.54, 1.807) is 18.9 Å². The predicted molar refractivity (Wildman–Crippen MR) is 65.0 cm³/mol. The predicted octanol–water partition coefficient (Wildman–Crippen LogP) is 0.980. The number of primary amides is 1. The molecule has 1 atom stereocenters. The van der Waals surface area contributed by atoms with E-state index in [0.717, 1.165) is 12.1 Å². The number of nitrogens with two attached hydrogens (primary N) is 1. The normalized spacial score (nSPS) is 12.3. The summed E-state index contributed by atoms with van der Waals surface area (Å²) in [6.45, 7) is 1.79. The van der Waals surface area contributed by atoms with Crippen LogP contribution in [0.4, 0.5) is 13.6 Å². The Morgan fingerprint density at radius 3 is 2.53 bits per heavy atom. The van der Waals surface area contributed by atoms with Crippen LogP contribution in [0.1, 0.15) is 12.5 Å². The molecule has 1 aromatic carbocycles. The van der Waals surface area contributed by atoms with E-state index in [2.05, 4.69) is 0 Å². The Hall–Kier alpha value is -2.02. The molecule has 1 rings (SSSR count). The molecule has 19 heavy (non-hydrogen) atoms. The lowest BCUT2D eigenvalue weighted by atomic mass is 10.1. The lowest BCUT2D eigenvalue weighted by Crippen LogP contribution is -2.46. The molecule has 0 heterocycles. The van der Waals surface area contributed by atoms with Crippen LogP contribution in [-0.4, -0.2) is 29.9 Å². The fourth-order valence-corrected chi connectivity index (χ4v) is 1.49. The van der Waals surface area contributed by atoms with Gasteiger partial charge in [-0.1, -0.05) is 6.07 Å². The molecule has 5 nitrogen and oxygen atoms in total. The summed E-state index contributed by atoms with van der Waals surface area (Å²) in [5, 5.41) is 1.95. The van der Waals surface area contributed by atoms with Gasteiger partial charge in [-0.3, -0.25) is 15.0 Å². The van der Waals surface area contributed by atoms with Gasteiger partial charge in [0.05, 0.1) is 6.04 Å². The number of urea groups is 1. The molecular formula is C12H15F2N3O2. The Labute approximate surface area is 109 Å². The van der Waals surface area contributed by atoms with E-state index >= 15 is 0 Å². The van der Waals surface area contributed by atoms with Gasteiger partial charge in [-0.15, -0.1) is 0 Å². The third-order valence-corrected chi connectivity index (χ3v) is 2.70. The number of carbonyl (C=O) groups is 2. The van der Waals surface area contributed by atoms with Gasteiger partial charge in [-0.2, -0.15) is 0 Å². The third-order valence-electron chi connectivity index (χ3n) is 2.70. The lowest BCUT2D eigenvalue weighted by molar-refractivity contribution is -0.124. The average molecular weight is 271 g/mol. The van der Waals surface area contributed by atoms with Crippen LogP contribution in [0.3, 0.4) is 0 Å². The van der Waals surface area contributed by atoms with Gasteiger partial charge in [-0.05, 0) is 31.7 Å². The number of carbonyl (C=O) groups excluding carboxylic acids is 2. The van der Waals surface area contributed by atoms with Gasteiger partial charge in [0.15, 0.2) is 11.6 Å². The molecule has 104 valence electrons. The Bertz CT molecular complexity index is 494. The quantitative estimate of drug-likeness (QED) is 0.857. The number of nitrogens with one attached hydrogen (secondary N) is 1. The summed E-state index contributed by atoms with van der Waals surface area (Å²) < 4.78 is 25.8. The summed E-state index contributed by atoms with van der Waals surface area (Å²) in [6, 6.07) is 1.93. The Morgan fingerprint density at radius 2 is 2.00 bits per heavy atom. The second kappa shape index (κ2) is 6.24. The largest absolute Gasteiger partial charge is 0.351 e. The number of rotatable bonds is 4. The molecule has 0 aliphatic heterocycles. The number of imide groups is 1. The number of benzene rings is 1. The highest BCUT2D eigenvalue weighted by Crippen LogP contribution is 2.11. The minimum Gasteiger partial charge on any atom is -0.351 e. The minimum absolute atomic E-state index is 0.227. The number of hydrogen-bond acceptors (Lipinski definition) is 3. The maximum atomic E-state index is 13.0. The van der Waals surface area contributed by atoms with Crippen LogP contribution in [0.15, 0.2) is 18.2 Å². The van der Waals surface area contributed by atoms with Crippen molar-refractivity contribution in [1.29, 1.82) is 0 Å². The molecule has 7 heteroatoms. The summed E-state index contributed by atoms with van der Waals surface area (Å²) in [4.78, 5) is 23.7. The van der Waals surface area contributed by atoms with Crippen LogP contribution >= 0.6 is 0 Å². The zero-order valence-corrected chi connectivity index (χ0v) is 10.6. The SMILES string of the molecule is C[C@H](C(=O)NC(N)=O)N(C)Cc1ccc(F)c(F)c1. The summed E-state index contributed by atoms with van der Waals surface area (Å²) >= 11 is 0. The fourth-order valence-electron chi connectivity index (χ4n) is 1.49. The number of halogens is 2. The van der Waals surface area contributed by atoms with Crippen molar-refractivity contribution < 1.29 is 18.4 Å². The molecule has 0 saturated heterocycles. The minimum atomic E-state index is -0.944. The lowest BCUT2D eigenvalue weighted by Gasteiger charge is -2.23. The molecule has 0 bridgehead atoms. The van der Waals surface area contributed by atoms with E-state index in [9.17, 15) is 18.4 Å². The first-order chi connectivity index (χ1) is 8.81. The van der Waals surface area contributed by atoms with Crippen molar-refractivity contribution in [3.63, 3.8) is 0 Å². The first kappa shape index (κ1) is 15.0. The Kier molecular flexibility index (Phi) is 4.94. The number of likely N-dealkylation sites (N-methyl/N-ethyl adjacent to an activating group) is 1. The van der Waals surface area contributed by atoms with Crippen molar-refractivity contribution in [2.75, 3.05) is 7.05 Å². The summed E-state index contributed by atoms with van der Waals surface area (Å²) in [5.41, 5.74) is 5.35. The van der Waals surface area contributed by atoms with Crippen molar-refractivity contribution in [3.8, 4) is 0 Å². The van der Waals surface area contributed by atoms with E-state index in [1.165, 1.54) is 6.07 Å². The molecule has 0 spiro atoms. The Balaban J connectivity index is 2.67. The fraction of sp³-hybridized carbons (Fsp3) is 0.333. The second-order valence-electron chi connectivity index (χ2n) is 4.19. The highest BCUT2D eigenvalue weighted by molar-refractivity contribution is 5.96. The van der Waals surface area contributed by atoms with Crippen molar-refractivity contribution in [3.05, 3.63) is 35.4 Å². The van der Waals surface area contributed by atoms with E-state index in [-0.39, 0.29) is 6.54 Å². The first-order valence-corrected chi connectivity index (χ1v) is 5.55. The monoisotopic (exact) mass is 271 g/mol. The molecule has 0 radical (unpaired) electrons. The molecular weight excluding hydrogens is 256 g/mol. The molecule has 1 aromatic rings. The molecule has 3 N–H and O–H groups in total. The standard InChI is InChI=1S/C12H15F2N3O2/c1-7(11(18)16-12(15)19)17(2)6-8-3-4-9(13)10(14)5-8/h3-5,7H,6H2,1-2H3,(H3,15,16,18,19)/t7-/m1/s1. The number of nitrogens with zero attached hydrogens (tertiary/aromatic N) is 1. The smallest absolute Gasteiger partial charge is 0.318 e. The average Bonchev–Trinajstić information content (AvgIpc) is 2.32. The molecule has 0 aromatic heterocycles. The topological polar surface area (TPSA) is 75.4 Å². The number of amides is 3. The van der Waals surface area contributed by atoms with E-state index < -0.39 is 29.6 Å². The van der Waals surface area contributed by atoms with E-state index in [0.29, 0.717) is 5.56 Å². The zero-order valence-electron chi connectivity index (χ0n) is 10.6. The molecule has 0 aliphatic carbocycles. The van der Waals surface area contributed by atoms with Crippen LogP contribution < -0.4 is 11.1 Å². The zero-order chi connectivity index (χ0) is 14.6. The van der Waals surface area contributed by atoms with Crippen molar-refractivity contribution in [2.45, 2.75) is 19.5 Å². The second-order valence-corrected chi connectivity index (χ2v) is 4.19. The molecule has 0 aliphatic rings. The molecule has 0 unspecified atom stereocenters. The van der Waals surface area contributed by atoms with E-state index in [4.69, 9.17) is 5.73 Å². The van der Waals surface area contributed by atoms with Crippen molar-refractivity contribution >= 4 is 11.9 Å². The summed E-state index contributed by atoms with van der Waals surface area (Å²) in [6.07, 6.45) is 0. The number of hydrogen-bond donors (Lipinski definition) is 2.